The lowest BCUT2D eigenvalue weighted by molar-refractivity contribution is -0.140. The Morgan fingerprint density at radius 1 is 1.32 bits per heavy atom. The van der Waals surface area contributed by atoms with Crippen molar-refractivity contribution in [2.45, 2.75) is 32.4 Å². The van der Waals surface area contributed by atoms with Crippen LogP contribution in [0.4, 0.5) is 0 Å². The number of benzene rings is 1. The molecule has 2 atom stereocenters. The molecule has 1 aromatic rings. The van der Waals surface area contributed by atoms with Crippen molar-refractivity contribution in [1.29, 1.82) is 0 Å². The van der Waals surface area contributed by atoms with Crippen molar-refractivity contribution in [2.75, 3.05) is 25.7 Å². The van der Waals surface area contributed by atoms with E-state index >= 15 is 0 Å². The lowest BCUT2D eigenvalue weighted by Crippen LogP contribution is -2.44. The molecule has 1 amide bonds. The first-order valence-corrected chi connectivity index (χ1v) is 9.79. The molecule has 2 rings (SSSR count). The first kappa shape index (κ1) is 19.2. The van der Waals surface area contributed by atoms with Gasteiger partial charge in [-0.25, -0.2) is 13.2 Å². The minimum absolute atomic E-state index is 0.0540. The number of aryl methyl sites for hydroxylation is 1. The third-order valence-electron chi connectivity index (χ3n) is 4.31. The quantitative estimate of drug-likeness (QED) is 0.725. The van der Waals surface area contributed by atoms with Crippen LogP contribution >= 0.6 is 0 Å². The van der Waals surface area contributed by atoms with Gasteiger partial charge < -0.3 is 14.4 Å². The van der Waals surface area contributed by atoms with Gasteiger partial charge in [0.05, 0.1) is 18.6 Å². The van der Waals surface area contributed by atoms with Crippen LogP contribution in [-0.2, 0) is 19.4 Å². The number of sulfone groups is 1. The van der Waals surface area contributed by atoms with Gasteiger partial charge in [-0.1, -0.05) is 11.6 Å². The first-order valence-electron chi connectivity index (χ1n) is 7.97. The number of likely N-dealkylation sites (N-methyl/N-ethyl adjacent to an activating group) is 1. The highest BCUT2D eigenvalue weighted by Gasteiger charge is 2.35. The summed E-state index contributed by atoms with van der Waals surface area (Å²) in [5, 5.41) is 0. The number of carbonyl (C=O) groups is 2. The van der Waals surface area contributed by atoms with Gasteiger partial charge in [-0.15, -0.1) is 0 Å². The summed E-state index contributed by atoms with van der Waals surface area (Å²) in [6.45, 7) is 3.31. The molecule has 138 valence electrons. The van der Waals surface area contributed by atoms with Crippen molar-refractivity contribution in [3.63, 3.8) is 0 Å². The smallest absolute Gasteiger partial charge is 0.342 e. The lowest BCUT2D eigenvalue weighted by atomic mass is 10.1. The molecule has 1 fully saturated rings. The Labute approximate surface area is 147 Å². The number of nitrogens with zero attached hydrogens (tertiary/aromatic N) is 1. The maximum Gasteiger partial charge on any atom is 0.342 e. The van der Waals surface area contributed by atoms with E-state index in [2.05, 4.69) is 0 Å². The zero-order valence-electron chi connectivity index (χ0n) is 14.8. The number of hydrogen-bond acceptors (Lipinski definition) is 6. The summed E-state index contributed by atoms with van der Waals surface area (Å²) < 4.78 is 33.6. The molecule has 8 heteroatoms. The standard InChI is InChI=1S/C17H23NO6S/c1-11-5-6-15(23-4)14(9-11)17(20)24-12(2)16(19)18(3)13-7-8-25(21,22)10-13/h5-6,9,12-13H,7-8,10H2,1-4H3/t12-,13+/m1/s1. The molecule has 0 N–H and O–H groups in total. The Hall–Kier alpha value is -2.09. The van der Waals surface area contributed by atoms with Crippen LogP contribution in [0.2, 0.25) is 0 Å². The van der Waals surface area contributed by atoms with Gasteiger partial charge in [0, 0.05) is 13.1 Å². The molecular formula is C17H23NO6S. The Kier molecular flexibility index (Phi) is 5.72. The van der Waals surface area contributed by atoms with Crippen LogP contribution in [0.15, 0.2) is 18.2 Å². The number of methoxy groups -OCH3 is 1. The van der Waals surface area contributed by atoms with Crippen LogP contribution in [-0.4, -0.2) is 63.0 Å². The lowest BCUT2D eigenvalue weighted by Gasteiger charge is -2.26. The van der Waals surface area contributed by atoms with E-state index < -0.39 is 27.8 Å². The minimum atomic E-state index is -3.10. The van der Waals surface area contributed by atoms with E-state index in [1.807, 2.05) is 6.92 Å². The number of ether oxygens (including phenoxy) is 2. The van der Waals surface area contributed by atoms with Crippen LogP contribution < -0.4 is 4.74 Å². The molecule has 7 nitrogen and oxygen atoms in total. The highest BCUT2D eigenvalue weighted by molar-refractivity contribution is 7.91. The summed E-state index contributed by atoms with van der Waals surface area (Å²) in [5.74, 6) is -0.702. The number of hydrogen-bond donors (Lipinski definition) is 0. The Morgan fingerprint density at radius 3 is 2.56 bits per heavy atom. The maximum atomic E-state index is 12.5. The number of amides is 1. The predicted molar refractivity (Wildman–Crippen MR) is 92.4 cm³/mol. The Bertz CT molecular complexity index is 773. The first-order chi connectivity index (χ1) is 11.6. The molecule has 1 saturated heterocycles. The van der Waals surface area contributed by atoms with E-state index in [0.29, 0.717) is 12.2 Å². The van der Waals surface area contributed by atoms with Crippen LogP contribution in [0.1, 0.15) is 29.3 Å². The summed E-state index contributed by atoms with van der Waals surface area (Å²) in [5.41, 5.74) is 1.10. The highest BCUT2D eigenvalue weighted by Crippen LogP contribution is 2.22. The van der Waals surface area contributed by atoms with E-state index in [4.69, 9.17) is 9.47 Å². The average molecular weight is 369 g/mol. The Morgan fingerprint density at radius 2 is 2.00 bits per heavy atom. The van der Waals surface area contributed by atoms with Crippen molar-refractivity contribution in [1.82, 2.24) is 4.90 Å². The average Bonchev–Trinajstić information content (AvgIpc) is 2.93. The second-order valence-electron chi connectivity index (χ2n) is 6.26. The fraction of sp³-hybridized carbons (Fsp3) is 0.529. The fourth-order valence-corrected chi connectivity index (χ4v) is 4.58. The van der Waals surface area contributed by atoms with Gasteiger partial charge in [0.15, 0.2) is 15.9 Å². The summed E-state index contributed by atoms with van der Waals surface area (Å²) >= 11 is 0. The summed E-state index contributed by atoms with van der Waals surface area (Å²) in [6.07, 6.45) is -0.622. The third kappa shape index (κ3) is 4.50. The molecule has 0 unspecified atom stereocenters. The van der Waals surface area contributed by atoms with Gasteiger partial charge in [0.2, 0.25) is 0 Å². The maximum absolute atomic E-state index is 12.5. The monoisotopic (exact) mass is 369 g/mol. The van der Waals surface area contributed by atoms with Crippen molar-refractivity contribution in [2.24, 2.45) is 0 Å². The van der Waals surface area contributed by atoms with Crippen LogP contribution in [0.3, 0.4) is 0 Å². The molecule has 0 saturated carbocycles. The van der Waals surface area contributed by atoms with E-state index in [-0.39, 0.29) is 23.1 Å². The Balaban J connectivity index is 2.06. The number of carbonyl (C=O) groups excluding carboxylic acids is 2. The van der Waals surface area contributed by atoms with Crippen LogP contribution in [0.25, 0.3) is 0 Å². The van der Waals surface area contributed by atoms with Crippen molar-refractivity contribution < 1.29 is 27.5 Å². The van der Waals surface area contributed by atoms with Gasteiger partial charge in [-0.2, -0.15) is 0 Å². The van der Waals surface area contributed by atoms with Gasteiger partial charge in [-0.05, 0) is 32.4 Å². The molecule has 0 bridgehead atoms. The highest BCUT2D eigenvalue weighted by atomic mass is 32.2. The SMILES string of the molecule is COc1ccc(C)cc1C(=O)O[C@H](C)C(=O)N(C)[C@H]1CCS(=O)(=O)C1. The third-order valence-corrected chi connectivity index (χ3v) is 6.06. The molecule has 0 aromatic heterocycles. The molecule has 1 aliphatic rings. The zero-order valence-corrected chi connectivity index (χ0v) is 15.6. The molecule has 0 spiro atoms. The zero-order chi connectivity index (χ0) is 18.8. The van der Waals surface area contributed by atoms with Crippen molar-refractivity contribution in [3.05, 3.63) is 29.3 Å². The van der Waals surface area contributed by atoms with Crippen molar-refractivity contribution in [3.8, 4) is 5.75 Å². The van der Waals surface area contributed by atoms with E-state index in [1.54, 1.807) is 18.2 Å². The molecule has 1 heterocycles. The summed E-state index contributed by atoms with van der Waals surface area (Å²) in [7, 11) is -0.116. The number of esters is 1. The molecule has 1 aromatic carbocycles. The topological polar surface area (TPSA) is 90.0 Å². The number of rotatable bonds is 5. The summed E-state index contributed by atoms with van der Waals surface area (Å²) in [4.78, 5) is 26.2. The van der Waals surface area contributed by atoms with Crippen LogP contribution in [0, 0.1) is 6.92 Å². The molecule has 25 heavy (non-hydrogen) atoms. The molecule has 1 aliphatic heterocycles. The molecule has 0 radical (unpaired) electrons. The van der Waals surface area contributed by atoms with Crippen LogP contribution in [0.5, 0.6) is 5.75 Å². The van der Waals surface area contributed by atoms with Gasteiger partial charge in [0.25, 0.3) is 5.91 Å². The van der Waals surface area contributed by atoms with E-state index in [9.17, 15) is 18.0 Å². The van der Waals surface area contributed by atoms with E-state index in [1.165, 1.54) is 26.0 Å². The largest absolute Gasteiger partial charge is 0.496 e. The molecule has 0 aliphatic carbocycles. The minimum Gasteiger partial charge on any atom is -0.496 e. The second-order valence-corrected chi connectivity index (χ2v) is 8.49. The van der Waals surface area contributed by atoms with Gasteiger partial charge >= 0.3 is 5.97 Å². The van der Waals surface area contributed by atoms with Crippen molar-refractivity contribution >= 4 is 21.7 Å². The normalized spacial score (nSPS) is 19.9. The van der Waals surface area contributed by atoms with Gasteiger partial charge in [0.1, 0.15) is 11.3 Å². The summed E-state index contributed by atoms with van der Waals surface area (Å²) in [6, 6.07) is 4.71. The molecular weight excluding hydrogens is 346 g/mol. The van der Waals surface area contributed by atoms with Gasteiger partial charge in [-0.3, -0.25) is 4.79 Å². The predicted octanol–water partition coefficient (Wildman–Crippen LogP) is 1.19. The van der Waals surface area contributed by atoms with E-state index in [0.717, 1.165) is 5.56 Å². The fourth-order valence-electron chi connectivity index (χ4n) is 2.80. The second kappa shape index (κ2) is 7.43.